The van der Waals surface area contributed by atoms with Crippen LogP contribution in [0, 0.1) is 0 Å². The average Bonchev–Trinajstić information content (AvgIpc) is 3.10. The van der Waals surface area contributed by atoms with Crippen LogP contribution in [0.1, 0.15) is 11.9 Å². The number of nitrogens with two attached hydrogens (primary N) is 1. The van der Waals surface area contributed by atoms with Crippen LogP contribution in [0.4, 0.5) is 5.82 Å². The van der Waals surface area contributed by atoms with Crippen molar-refractivity contribution in [1.82, 2.24) is 9.55 Å². The van der Waals surface area contributed by atoms with E-state index in [1.54, 1.807) is 0 Å². The first-order chi connectivity index (χ1) is 11.0. The van der Waals surface area contributed by atoms with Crippen LogP contribution in [0.5, 0.6) is 0 Å². The average molecular weight is 366 g/mol. The second-order valence-corrected chi connectivity index (χ2v) is 6.30. The Morgan fingerprint density at radius 1 is 1.43 bits per heavy atom. The maximum atomic E-state index is 12.3. The molecule has 0 amide bonds. The van der Waals surface area contributed by atoms with Gasteiger partial charge in [0.15, 0.2) is 18.0 Å². The Kier molecular flexibility index (Phi) is 3.48. The minimum absolute atomic E-state index is 0.0648. The van der Waals surface area contributed by atoms with Gasteiger partial charge in [-0.05, 0) is 0 Å². The van der Waals surface area contributed by atoms with E-state index in [1.807, 2.05) is 0 Å². The minimum atomic E-state index is -1.97. The van der Waals surface area contributed by atoms with Crippen molar-refractivity contribution in [2.75, 3.05) is 11.9 Å². The predicted molar refractivity (Wildman–Crippen MR) is 77.9 cm³/mol. The summed E-state index contributed by atoms with van der Waals surface area (Å²) < 4.78 is 28.6. The number of aromatic nitrogens is 2. The number of ether oxygens (including phenoxy) is 1. The summed E-state index contributed by atoms with van der Waals surface area (Å²) in [4.78, 5) is 18.8. The van der Waals surface area contributed by atoms with Gasteiger partial charge in [-0.15, -0.1) is 0 Å². The topological polar surface area (TPSA) is 153 Å². The molecule has 1 aromatic heterocycles. The third kappa shape index (κ3) is 2.21. The highest BCUT2D eigenvalue weighted by molar-refractivity contribution is 7.75. The van der Waals surface area contributed by atoms with Crippen molar-refractivity contribution < 1.29 is 22.4 Å². The summed E-state index contributed by atoms with van der Waals surface area (Å²) in [6, 6.07) is 0. The number of imidazole rings is 1. The summed E-state index contributed by atoms with van der Waals surface area (Å²) in [6.07, 6.45) is -3.35. The van der Waals surface area contributed by atoms with Gasteiger partial charge < -0.3 is 25.9 Å². The first kappa shape index (κ1) is 15.1. The Hall–Kier alpha value is -1.44. The number of rotatable bonds is 2. The molecular weight excluding hydrogens is 354 g/mol. The molecule has 2 saturated heterocycles. The molecule has 2 unspecified atom stereocenters. The molecule has 0 spiro atoms. The van der Waals surface area contributed by atoms with Crippen molar-refractivity contribution in [1.29, 1.82) is 0 Å². The maximum absolute atomic E-state index is 12.3. The lowest BCUT2D eigenvalue weighted by atomic mass is 10.1. The number of halogens is 1. The third-order valence-corrected chi connectivity index (χ3v) is 4.76. The summed E-state index contributed by atoms with van der Waals surface area (Å²) >= 11 is 3.95. The number of H-pyrrole nitrogens is 1. The summed E-state index contributed by atoms with van der Waals surface area (Å²) in [5, 5.41) is 12.2. The van der Waals surface area contributed by atoms with Gasteiger partial charge in [-0.2, -0.15) is 4.21 Å². The van der Waals surface area contributed by atoms with Crippen molar-refractivity contribution in [3.8, 4) is 0 Å². The van der Waals surface area contributed by atoms with Gasteiger partial charge in [-0.3, -0.25) is 8.37 Å². The molecule has 126 valence electrons. The fraction of sp³-hybridized carbons (Fsp3) is 0.600. The van der Waals surface area contributed by atoms with E-state index in [0.717, 1.165) is 0 Å². The van der Waals surface area contributed by atoms with E-state index in [1.165, 1.54) is 4.57 Å². The lowest BCUT2D eigenvalue weighted by Crippen LogP contribution is -2.34. The molecule has 3 aliphatic heterocycles. The number of hydrogen-bond acceptors (Lipinski definition) is 9. The molecule has 0 radical (unpaired) electrons. The highest BCUT2D eigenvalue weighted by Crippen LogP contribution is 2.40. The molecule has 0 aliphatic carbocycles. The molecule has 6 atom stereocenters. The van der Waals surface area contributed by atoms with Gasteiger partial charge in [0.05, 0.1) is 6.61 Å². The van der Waals surface area contributed by atoms with E-state index >= 15 is 0 Å². The number of nitrogens with one attached hydrogen (secondary N) is 2. The number of alkyl halides is 1. The number of hydrogen-bond donors (Lipinski definition) is 4. The SMILES string of the molecule is NC1=NC(Cl)Nc2c1[nH]c(=O)n2[C@@H]1O[C@H](CO)[C@H]2OS(=O)O[C@H]21. The fourth-order valence-corrected chi connectivity index (χ4v) is 3.89. The van der Waals surface area contributed by atoms with E-state index in [0.29, 0.717) is 0 Å². The molecule has 11 nitrogen and oxygen atoms in total. The quantitative estimate of drug-likeness (QED) is 0.349. The van der Waals surface area contributed by atoms with Crippen molar-refractivity contribution >= 4 is 34.6 Å². The summed E-state index contributed by atoms with van der Waals surface area (Å²) in [5.74, 6) is 0.334. The number of aromatic amines is 1. The van der Waals surface area contributed by atoms with Gasteiger partial charge >= 0.3 is 17.1 Å². The van der Waals surface area contributed by atoms with Crippen LogP contribution in [-0.4, -0.2) is 55.2 Å². The molecule has 1 aromatic rings. The van der Waals surface area contributed by atoms with Crippen LogP contribution >= 0.6 is 11.6 Å². The fourth-order valence-electron chi connectivity index (χ4n) is 2.84. The Bertz CT molecular complexity index is 763. The van der Waals surface area contributed by atoms with Gasteiger partial charge in [0.1, 0.15) is 29.6 Å². The van der Waals surface area contributed by atoms with E-state index in [4.69, 9.17) is 30.4 Å². The molecule has 13 heteroatoms. The Balaban J connectivity index is 1.79. The number of nitrogens with zero attached hydrogens (tertiary/aromatic N) is 2. The number of aliphatic hydroxyl groups is 1. The highest BCUT2D eigenvalue weighted by atomic mass is 35.5. The van der Waals surface area contributed by atoms with Gasteiger partial charge in [0.25, 0.3) is 0 Å². The van der Waals surface area contributed by atoms with Crippen LogP contribution in [0.3, 0.4) is 0 Å². The van der Waals surface area contributed by atoms with Crippen molar-refractivity contribution in [2.45, 2.75) is 30.2 Å². The van der Waals surface area contributed by atoms with Gasteiger partial charge in [0.2, 0.25) is 0 Å². The number of amidine groups is 1. The number of aliphatic hydroxyl groups excluding tert-OH is 1. The lowest BCUT2D eigenvalue weighted by Gasteiger charge is -2.22. The zero-order valence-corrected chi connectivity index (χ0v) is 12.9. The van der Waals surface area contributed by atoms with Gasteiger partial charge in [0, 0.05) is 0 Å². The molecule has 4 heterocycles. The second kappa shape index (κ2) is 5.29. The van der Waals surface area contributed by atoms with Crippen LogP contribution in [0.25, 0.3) is 0 Å². The number of fused-ring (bicyclic) bond motifs is 2. The first-order valence-electron chi connectivity index (χ1n) is 6.60. The number of anilines is 1. The number of aliphatic imine (C=N–C) groups is 1. The standard InChI is InChI=1S/C10H12ClN5O6S/c11-9-14-6(12)3-7(15-9)16(10(18)13-3)8-5-4(2(1-17)20-8)21-23(19)22-5/h2,4-5,8-9,15,17H,1H2,(H2,12,14)(H,13,18)/t2-,4-,5-,8-,9?,23?/m1/s1. The molecule has 3 aliphatic rings. The second-order valence-electron chi connectivity index (χ2n) is 5.09. The first-order valence-corrected chi connectivity index (χ1v) is 8.04. The maximum Gasteiger partial charge on any atom is 0.329 e. The molecule has 0 saturated carbocycles. The zero-order chi connectivity index (χ0) is 16.3. The Labute approximate surface area is 136 Å². The van der Waals surface area contributed by atoms with Gasteiger partial charge in [-0.25, -0.2) is 14.4 Å². The van der Waals surface area contributed by atoms with Crippen molar-refractivity contribution in [2.24, 2.45) is 10.7 Å². The summed E-state index contributed by atoms with van der Waals surface area (Å²) in [7, 11) is 0. The Morgan fingerprint density at radius 3 is 2.91 bits per heavy atom. The molecule has 2 fully saturated rings. The normalized spacial score (nSPS) is 38.8. The van der Waals surface area contributed by atoms with Crippen LogP contribution in [-0.2, 0) is 24.5 Å². The largest absolute Gasteiger partial charge is 0.394 e. The molecule has 23 heavy (non-hydrogen) atoms. The van der Waals surface area contributed by atoms with Gasteiger partial charge in [-0.1, -0.05) is 11.6 Å². The lowest BCUT2D eigenvalue weighted by molar-refractivity contribution is -0.0545. The zero-order valence-electron chi connectivity index (χ0n) is 11.3. The summed E-state index contributed by atoms with van der Waals surface area (Å²) in [5.41, 5.74) is 4.62. The molecular formula is C10H12ClN5O6S. The van der Waals surface area contributed by atoms with Crippen molar-refractivity contribution in [3.05, 3.63) is 16.2 Å². The van der Waals surface area contributed by atoms with E-state index in [2.05, 4.69) is 15.3 Å². The third-order valence-electron chi connectivity index (χ3n) is 3.79. The predicted octanol–water partition coefficient (Wildman–Crippen LogP) is -1.92. The Morgan fingerprint density at radius 2 is 2.17 bits per heavy atom. The van der Waals surface area contributed by atoms with E-state index in [-0.39, 0.29) is 24.0 Å². The van der Waals surface area contributed by atoms with Crippen LogP contribution < -0.4 is 16.7 Å². The monoisotopic (exact) mass is 365 g/mol. The smallest absolute Gasteiger partial charge is 0.329 e. The minimum Gasteiger partial charge on any atom is -0.394 e. The van der Waals surface area contributed by atoms with Crippen molar-refractivity contribution in [3.63, 3.8) is 0 Å². The van der Waals surface area contributed by atoms with Crippen LogP contribution in [0.15, 0.2) is 9.79 Å². The molecule has 0 aromatic carbocycles. The van der Waals surface area contributed by atoms with Crippen LogP contribution in [0.2, 0.25) is 0 Å². The van der Waals surface area contributed by atoms with E-state index in [9.17, 15) is 14.1 Å². The van der Waals surface area contributed by atoms with E-state index < -0.39 is 47.2 Å². The highest BCUT2D eigenvalue weighted by Gasteiger charge is 2.54. The molecule has 4 rings (SSSR count). The molecule has 0 bridgehead atoms. The summed E-state index contributed by atoms with van der Waals surface area (Å²) in [6.45, 7) is -0.380. The molecule has 5 N–H and O–H groups in total.